The van der Waals surface area contributed by atoms with E-state index in [0.29, 0.717) is 0 Å². The van der Waals surface area contributed by atoms with Crippen molar-refractivity contribution in [3.8, 4) is 0 Å². The van der Waals surface area contributed by atoms with Gasteiger partial charge in [0.25, 0.3) is 0 Å². The zero-order chi connectivity index (χ0) is 10.8. The predicted molar refractivity (Wildman–Crippen MR) is 60.6 cm³/mol. The number of nitrogens with zero attached hydrogens (tertiary/aromatic N) is 2. The summed E-state index contributed by atoms with van der Waals surface area (Å²) in [7, 11) is 0. The molecule has 3 N–H and O–H groups in total. The minimum Gasteiger partial charge on any atom is -0.359 e. The number of aryl methyl sites for hydroxylation is 1. The third-order valence-electron chi connectivity index (χ3n) is 2.11. The van der Waals surface area contributed by atoms with Crippen molar-refractivity contribution < 1.29 is 0 Å². The van der Waals surface area contributed by atoms with E-state index in [1.165, 1.54) is 0 Å². The molecule has 4 nitrogen and oxygen atoms in total. The molecule has 0 amide bonds. The van der Waals surface area contributed by atoms with Gasteiger partial charge in [-0.05, 0) is 12.3 Å². The van der Waals surface area contributed by atoms with Crippen molar-refractivity contribution in [2.75, 3.05) is 11.9 Å². The molecular formula is C9H18N4S. The van der Waals surface area contributed by atoms with E-state index >= 15 is 0 Å². The van der Waals surface area contributed by atoms with Gasteiger partial charge in [-0.25, -0.2) is 0 Å². The molecule has 1 unspecified atom stereocenters. The van der Waals surface area contributed by atoms with Gasteiger partial charge in [-0.1, -0.05) is 32.1 Å². The number of hydrogen-bond acceptors (Lipinski definition) is 5. The topological polar surface area (TPSA) is 63.8 Å². The van der Waals surface area contributed by atoms with Crippen LogP contribution in [0.15, 0.2) is 0 Å². The zero-order valence-electron chi connectivity index (χ0n) is 9.16. The molecule has 1 rings (SSSR count). The Morgan fingerprint density at radius 1 is 1.43 bits per heavy atom. The molecular weight excluding hydrogens is 196 g/mol. The van der Waals surface area contributed by atoms with Crippen LogP contribution in [0.3, 0.4) is 0 Å². The van der Waals surface area contributed by atoms with Crippen LogP contribution in [-0.2, 0) is 0 Å². The van der Waals surface area contributed by atoms with Crippen LogP contribution in [0.2, 0.25) is 0 Å². The first-order valence-electron chi connectivity index (χ1n) is 4.69. The fourth-order valence-corrected chi connectivity index (χ4v) is 1.47. The number of nitrogens with one attached hydrogen (secondary N) is 1. The van der Waals surface area contributed by atoms with E-state index in [2.05, 4.69) is 36.3 Å². The first-order valence-corrected chi connectivity index (χ1v) is 5.51. The van der Waals surface area contributed by atoms with Crippen LogP contribution in [0, 0.1) is 12.3 Å². The van der Waals surface area contributed by atoms with Gasteiger partial charge in [0.15, 0.2) is 0 Å². The van der Waals surface area contributed by atoms with Crippen LogP contribution in [0.25, 0.3) is 0 Å². The van der Waals surface area contributed by atoms with Crippen LogP contribution in [-0.4, -0.2) is 22.8 Å². The van der Waals surface area contributed by atoms with Gasteiger partial charge in [-0.15, -0.1) is 10.2 Å². The third-order valence-corrected chi connectivity index (χ3v) is 2.91. The van der Waals surface area contributed by atoms with Crippen molar-refractivity contribution in [2.45, 2.75) is 33.7 Å². The molecule has 0 aliphatic carbocycles. The summed E-state index contributed by atoms with van der Waals surface area (Å²) in [5.41, 5.74) is 6.12. The summed E-state index contributed by atoms with van der Waals surface area (Å²) in [4.78, 5) is 0. The fourth-order valence-electron chi connectivity index (χ4n) is 0.871. The Labute approximate surface area is 88.9 Å². The quantitative estimate of drug-likeness (QED) is 0.802. The Kier molecular flexibility index (Phi) is 3.44. The summed E-state index contributed by atoms with van der Waals surface area (Å²) < 4.78 is 0. The monoisotopic (exact) mass is 214 g/mol. The normalized spacial score (nSPS) is 14.1. The average Bonchev–Trinajstić information content (AvgIpc) is 2.45. The highest BCUT2D eigenvalue weighted by molar-refractivity contribution is 7.15. The molecule has 0 saturated carbocycles. The average molecular weight is 214 g/mol. The lowest BCUT2D eigenvalue weighted by Gasteiger charge is -2.26. The van der Waals surface area contributed by atoms with Crippen molar-refractivity contribution in [1.82, 2.24) is 10.2 Å². The minimum absolute atomic E-state index is 0.117. The van der Waals surface area contributed by atoms with Crippen LogP contribution in [0.1, 0.15) is 25.8 Å². The van der Waals surface area contributed by atoms with Gasteiger partial charge in [0.2, 0.25) is 5.13 Å². The summed E-state index contributed by atoms with van der Waals surface area (Å²) >= 11 is 1.55. The zero-order valence-corrected chi connectivity index (χ0v) is 9.98. The molecule has 0 fully saturated rings. The van der Waals surface area contributed by atoms with Gasteiger partial charge in [0, 0.05) is 12.6 Å². The molecule has 0 saturated heterocycles. The highest BCUT2D eigenvalue weighted by Gasteiger charge is 2.20. The van der Waals surface area contributed by atoms with E-state index in [0.717, 1.165) is 16.7 Å². The highest BCUT2D eigenvalue weighted by Crippen LogP contribution is 2.19. The van der Waals surface area contributed by atoms with E-state index in [1.807, 2.05) is 6.92 Å². The smallest absolute Gasteiger partial charge is 0.205 e. The van der Waals surface area contributed by atoms with E-state index in [1.54, 1.807) is 11.3 Å². The van der Waals surface area contributed by atoms with Gasteiger partial charge in [0.1, 0.15) is 5.01 Å². The Hall–Kier alpha value is -0.680. The molecule has 14 heavy (non-hydrogen) atoms. The largest absolute Gasteiger partial charge is 0.359 e. The maximum absolute atomic E-state index is 6.00. The predicted octanol–water partition coefficient (Wildman–Crippen LogP) is 1.63. The maximum Gasteiger partial charge on any atom is 0.205 e. The summed E-state index contributed by atoms with van der Waals surface area (Å²) in [5.74, 6) is 0. The van der Waals surface area contributed by atoms with E-state index in [4.69, 9.17) is 5.73 Å². The van der Waals surface area contributed by atoms with E-state index in [9.17, 15) is 0 Å². The molecule has 1 heterocycles. The summed E-state index contributed by atoms with van der Waals surface area (Å²) in [6, 6.07) is 0.117. The van der Waals surface area contributed by atoms with Crippen LogP contribution in [0.5, 0.6) is 0 Å². The Bertz CT molecular complexity index is 289. The summed E-state index contributed by atoms with van der Waals surface area (Å²) in [6.45, 7) is 9.06. The van der Waals surface area contributed by atoms with Gasteiger partial charge in [-0.2, -0.15) is 0 Å². The molecule has 1 aromatic heterocycles. The van der Waals surface area contributed by atoms with Gasteiger partial charge in [0.05, 0.1) is 0 Å². The number of rotatable bonds is 3. The van der Waals surface area contributed by atoms with Crippen molar-refractivity contribution in [3.05, 3.63) is 5.01 Å². The second-order valence-corrected chi connectivity index (χ2v) is 5.66. The summed E-state index contributed by atoms with van der Waals surface area (Å²) in [6.07, 6.45) is 0. The Morgan fingerprint density at radius 3 is 2.50 bits per heavy atom. The van der Waals surface area contributed by atoms with Gasteiger partial charge in [-0.3, -0.25) is 0 Å². The first-order chi connectivity index (χ1) is 6.39. The number of nitrogens with two attached hydrogens (primary N) is 1. The first kappa shape index (κ1) is 11.4. The van der Waals surface area contributed by atoms with Crippen LogP contribution in [0.4, 0.5) is 5.13 Å². The summed E-state index contributed by atoms with van der Waals surface area (Å²) in [5, 5.41) is 12.9. The molecule has 0 aromatic carbocycles. The van der Waals surface area contributed by atoms with Crippen LogP contribution >= 0.6 is 11.3 Å². The molecule has 0 spiro atoms. The lowest BCUT2D eigenvalue weighted by molar-refractivity contribution is 0.331. The molecule has 0 bridgehead atoms. The second kappa shape index (κ2) is 4.23. The van der Waals surface area contributed by atoms with Crippen molar-refractivity contribution in [3.63, 3.8) is 0 Å². The second-order valence-electron chi connectivity index (χ2n) is 4.48. The minimum atomic E-state index is 0.117. The van der Waals surface area contributed by atoms with Gasteiger partial charge >= 0.3 is 0 Å². The third kappa shape index (κ3) is 3.23. The molecule has 0 radical (unpaired) electrons. The van der Waals surface area contributed by atoms with Crippen molar-refractivity contribution in [1.29, 1.82) is 0 Å². The Balaban J connectivity index is 2.41. The van der Waals surface area contributed by atoms with Crippen LogP contribution < -0.4 is 11.1 Å². The molecule has 5 heteroatoms. The molecule has 0 aliphatic rings. The lowest BCUT2D eigenvalue weighted by Crippen LogP contribution is -2.40. The lowest BCUT2D eigenvalue weighted by atomic mass is 9.87. The standard InChI is InChI=1S/C9H18N4S/c1-6-12-13-8(14-6)11-5-7(10)9(2,3)4/h7H,5,10H2,1-4H3,(H,11,13). The van der Waals surface area contributed by atoms with Crippen molar-refractivity contribution >= 4 is 16.5 Å². The van der Waals surface area contributed by atoms with Gasteiger partial charge < -0.3 is 11.1 Å². The highest BCUT2D eigenvalue weighted by atomic mass is 32.1. The van der Waals surface area contributed by atoms with E-state index < -0.39 is 0 Å². The van der Waals surface area contributed by atoms with E-state index in [-0.39, 0.29) is 11.5 Å². The molecule has 1 atom stereocenters. The number of hydrogen-bond donors (Lipinski definition) is 2. The Morgan fingerprint density at radius 2 is 2.07 bits per heavy atom. The van der Waals surface area contributed by atoms with Crippen molar-refractivity contribution in [2.24, 2.45) is 11.1 Å². The molecule has 0 aliphatic heterocycles. The fraction of sp³-hybridized carbons (Fsp3) is 0.778. The number of aromatic nitrogens is 2. The SMILES string of the molecule is Cc1nnc(NCC(N)C(C)(C)C)s1. The molecule has 1 aromatic rings. The maximum atomic E-state index is 6.00. The molecule has 80 valence electrons. The number of anilines is 1.